The first kappa shape index (κ1) is 20.3. The van der Waals surface area contributed by atoms with E-state index in [-0.39, 0.29) is 17.2 Å². The third kappa shape index (κ3) is 4.26. The Morgan fingerprint density at radius 2 is 1.81 bits per heavy atom. The predicted molar refractivity (Wildman–Crippen MR) is 121 cm³/mol. The first-order valence-electron chi connectivity index (χ1n) is 11.1. The van der Waals surface area contributed by atoms with Crippen LogP contribution in [-0.2, 0) is 4.79 Å². The van der Waals surface area contributed by atoms with Crippen molar-refractivity contribution in [1.29, 1.82) is 0 Å². The Labute approximate surface area is 185 Å². The van der Waals surface area contributed by atoms with Crippen molar-refractivity contribution in [2.45, 2.75) is 62.7 Å². The number of amides is 1. The first-order chi connectivity index (χ1) is 15.1. The number of nitrogens with one attached hydrogen (secondary N) is 1. The average Bonchev–Trinajstić information content (AvgIpc) is 3.52. The van der Waals surface area contributed by atoms with Crippen molar-refractivity contribution < 1.29 is 4.79 Å². The molecule has 1 aromatic carbocycles. The van der Waals surface area contributed by atoms with Crippen molar-refractivity contribution in [2.75, 3.05) is 5.75 Å². The lowest BCUT2D eigenvalue weighted by atomic mass is 9.86. The van der Waals surface area contributed by atoms with Crippen LogP contribution in [0, 0.1) is 5.92 Å². The number of H-pyrrole nitrogens is 1. The van der Waals surface area contributed by atoms with Gasteiger partial charge in [-0.15, -0.1) is 0 Å². The highest BCUT2D eigenvalue weighted by molar-refractivity contribution is 7.99. The summed E-state index contributed by atoms with van der Waals surface area (Å²) in [6, 6.07) is 10.4. The minimum atomic E-state index is -0.234. The number of carbonyl (C=O) groups excluding carboxylic acids is 1. The molecule has 3 aromatic rings. The maximum atomic E-state index is 13.1. The van der Waals surface area contributed by atoms with Gasteiger partial charge in [0, 0.05) is 12.1 Å². The van der Waals surface area contributed by atoms with Gasteiger partial charge in [0.2, 0.25) is 5.91 Å². The van der Waals surface area contributed by atoms with Crippen LogP contribution in [0.3, 0.4) is 0 Å². The summed E-state index contributed by atoms with van der Waals surface area (Å²) < 4.78 is 1.66. The zero-order valence-corrected chi connectivity index (χ0v) is 18.5. The molecule has 8 heteroatoms. The fourth-order valence-corrected chi connectivity index (χ4v) is 5.23. The van der Waals surface area contributed by atoms with Crippen LogP contribution in [-0.4, -0.2) is 48.4 Å². The van der Waals surface area contributed by atoms with Crippen LogP contribution in [0.2, 0.25) is 0 Å². The summed E-state index contributed by atoms with van der Waals surface area (Å²) >= 11 is 1.30. The van der Waals surface area contributed by atoms with E-state index in [0.717, 1.165) is 37.3 Å². The Morgan fingerprint density at radius 3 is 2.48 bits per heavy atom. The zero-order valence-electron chi connectivity index (χ0n) is 17.7. The molecule has 2 aliphatic rings. The number of carbonyl (C=O) groups is 1. The maximum absolute atomic E-state index is 13.1. The van der Waals surface area contributed by atoms with Gasteiger partial charge in [-0.1, -0.05) is 36.9 Å². The Bertz CT molecular complexity index is 1130. The van der Waals surface area contributed by atoms with Gasteiger partial charge in [0.1, 0.15) is 5.39 Å². The highest BCUT2D eigenvalue weighted by Crippen LogP contribution is 2.36. The van der Waals surface area contributed by atoms with Crippen molar-refractivity contribution in [1.82, 2.24) is 24.6 Å². The van der Waals surface area contributed by atoms with E-state index in [2.05, 4.69) is 26.9 Å². The topological polar surface area (TPSA) is 83.9 Å². The van der Waals surface area contributed by atoms with Gasteiger partial charge in [-0.05, 0) is 56.6 Å². The summed E-state index contributed by atoms with van der Waals surface area (Å²) in [6.45, 7) is 2.30. The first-order valence-corrected chi connectivity index (χ1v) is 12.1. The molecule has 31 heavy (non-hydrogen) atoms. The molecule has 0 saturated heterocycles. The normalized spacial score (nSPS) is 21.3. The number of thioether (sulfide) groups is 1. The van der Waals surface area contributed by atoms with E-state index >= 15 is 0 Å². The highest BCUT2D eigenvalue weighted by Gasteiger charge is 2.38. The SMILES string of the molecule is CC1CCC(N(C(=O)CSc2nc3c(cnn3-c3ccccc3)c(=O)[nH]2)C2CC2)CC1. The molecule has 2 aliphatic carbocycles. The number of aromatic amines is 1. The number of rotatable bonds is 6. The number of fused-ring (bicyclic) bond motifs is 1. The fourth-order valence-electron chi connectivity index (χ4n) is 4.51. The van der Waals surface area contributed by atoms with Gasteiger partial charge in [0.25, 0.3) is 5.56 Å². The minimum absolute atomic E-state index is 0.159. The Morgan fingerprint density at radius 1 is 1.13 bits per heavy atom. The lowest BCUT2D eigenvalue weighted by molar-refractivity contribution is -0.132. The van der Waals surface area contributed by atoms with E-state index in [4.69, 9.17) is 0 Å². The second-order valence-electron chi connectivity index (χ2n) is 8.73. The molecule has 0 aliphatic heterocycles. The molecular weight excluding hydrogens is 410 g/mol. The number of aromatic nitrogens is 4. The summed E-state index contributed by atoms with van der Waals surface area (Å²) in [7, 11) is 0. The average molecular weight is 438 g/mol. The van der Waals surface area contributed by atoms with E-state index in [9.17, 15) is 9.59 Å². The smallest absolute Gasteiger partial charge is 0.262 e. The summed E-state index contributed by atoms with van der Waals surface area (Å²) in [5.74, 6) is 1.21. The second-order valence-corrected chi connectivity index (χ2v) is 9.70. The van der Waals surface area contributed by atoms with E-state index in [1.807, 2.05) is 30.3 Å². The van der Waals surface area contributed by atoms with Gasteiger partial charge in [0.15, 0.2) is 10.8 Å². The quantitative estimate of drug-likeness (QED) is 0.469. The van der Waals surface area contributed by atoms with Gasteiger partial charge in [-0.25, -0.2) is 9.67 Å². The molecule has 7 nitrogen and oxygen atoms in total. The number of para-hydroxylation sites is 1. The molecule has 2 heterocycles. The van der Waals surface area contributed by atoms with Gasteiger partial charge in [0.05, 0.1) is 17.6 Å². The van der Waals surface area contributed by atoms with E-state index in [1.165, 1.54) is 30.8 Å². The summed E-state index contributed by atoms with van der Waals surface area (Å²) in [5.41, 5.74) is 1.11. The molecule has 2 saturated carbocycles. The molecule has 0 atom stereocenters. The molecule has 0 spiro atoms. The van der Waals surface area contributed by atoms with Crippen molar-refractivity contribution >= 4 is 28.7 Å². The third-order valence-electron chi connectivity index (χ3n) is 6.36. The molecule has 1 N–H and O–H groups in total. The molecule has 162 valence electrons. The lowest BCUT2D eigenvalue weighted by Gasteiger charge is -2.36. The van der Waals surface area contributed by atoms with Gasteiger partial charge in [-0.2, -0.15) is 5.10 Å². The Hall–Kier alpha value is -2.61. The summed E-state index contributed by atoms with van der Waals surface area (Å²) in [4.78, 5) is 35.3. The standard InChI is InChI=1S/C23H27N5O2S/c1-15-7-9-16(10-8-15)27(17-11-12-17)20(29)14-31-23-25-21-19(22(30)26-23)13-24-28(21)18-5-3-2-4-6-18/h2-6,13,15-17H,7-12,14H2,1H3,(H,25,26,30). The van der Waals surface area contributed by atoms with Crippen molar-refractivity contribution in [3.8, 4) is 5.69 Å². The van der Waals surface area contributed by atoms with E-state index < -0.39 is 0 Å². The number of benzene rings is 1. The van der Waals surface area contributed by atoms with Crippen LogP contribution in [0.5, 0.6) is 0 Å². The van der Waals surface area contributed by atoms with Crippen LogP contribution in [0.1, 0.15) is 45.4 Å². The van der Waals surface area contributed by atoms with Gasteiger partial charge >= 0.3 is 0 Å². The highest BCUT2D eigenvalue weighted by atomic mass is 32.2. The molecule has 5 rings (SSSR count). The monoisotopic (exact) mass is 437 g/mol. The fraction of sp³-hybridized carbons (Fsp3) is 0.478. The summed E-state index contributed by atoms with van der Waals surface area (Å²) in [5, 5.41) is 5.23. The van der Waals surface area contributed by atoms with Crippen LogP contribution in [0.15, 0.2) is 46.5 Å². The zero-order chi connectivity index (χ0) is 21.4. The molecule has 0 radical (unpaired) electrons. The second kappa shape index (κ2) is 8.49. The van der Waals surface area contributed by atoms with Crippen LogP contribution >= 0.6 is 11.8 Å². The molecular formula is C23H27N5O2S. The van der Waals surface area contributed by atoms with Crippen LogP contribution in [0.25, 0.3) is 16.7 Å². The van der Waals surface area contributed by atoms with E-state index in [1.54, 1.807) is 4.68 Å². The molecule has 0 bridgehead atoms. The molecule has 0 unspecified atom stereocenters. The molecule has 2 fully saturated rings. The van der Waals surface area contributed by atoms with Crippen molar-refractivity contribution in [3.05, 3.63) is 46.9 Å². The number of hydrogen-bond donors (Lipinski definition) is 1. The largest absolute Gasteiger partial charge is 0.336 e. The molecule has 1 amide bonds. The van der Waals surface area contributed by atoms with Crippen molar-refractivity contribution in [2.24, 2.45) is 5.92 Å². The lowest BCUT2D eigenvalue weighted by Crippen LogP contribution is -2.44. The minimum Gasteiger partial charge on any atom is -0.336 e. The Balaban J connectivity index is 1.34. The number of nitrogens with zero attached hydrogens (tertiary/aromatic N) is 4. The number of hydrogen-bond acceptors (Lipinski definition) is 5. The third-order valence-corrected chi connectivity index (χ3v) is 7.21. The van der Waals surface area contributed by atoms with Gasteiger partial charge < -0.3 is 9.88 Å². The van der Waals surface area contributed by atoms with Crippen LogP contribution in [0.4, 0.5) is 0 Å². The maximum Gasteiger partial charge on any atom is 0.262 e. The van der Waals surface area contributed by atoms with Crippen LogP contribution < -0.4 is 5.56 Å². The molecule has 2 aromatic heterocycles. The van der Waals surface area contributed by atoms with Crippen molar-refractivity contribution in [3.63, 3.8) is 0 Å². The van der Waals surface area contributed by atoms with E-state index in [0.29, 0.717) is 28.3 Å². The summed E-state index contributed by atoms with van der Waals surface area (Å²) in [6.07, 6.45) is 8.36. The predicted octanol–water partition coefficient (Wildman–Crippen LogP) is 3.77. The Kier molecular flexibility index (Phi) is 5.56. The van der Waals surface area contributed by atoms with Gasteiger partial charge in [-0.3, -0.25) is 9.59 Å².